The molecule has 4 amide bonds. The molecule has 170 valence electrons. The van der Waals surface area contributed by atoms with Crippen molar-refractivity contribution >= 4 is 46.8 Å². The molecule has 2 aliphatic heterocycles. The molecule has 2 aromatic carbocycles. The summed E-state index contributed by atoms with van der Waals surface area (Å²) < 4.78 is 0. The average Bonchev–Trinajstić information content (AvgIpc) is 3.50. The second kappa shape index (κ2) is 8.47. The van der Waals surface area contributed by atoms with Gasteiger partial charge >= 0.3 is 0 Å². The zero-order valence-corrected chi connectivity index (χ0v) is 19.1. The Morgan fingerprint density at radius 3 is 2.70 bits per heavy atom. The monoisotopic (exact) mass is 485 g/mol. The lowest BCUT2D eigenvalue weighted by Gasteiger charge is -2.29. The molecule has 0 bridgehead atoms. The van der Waals surface area contributed by atoms with Crippen molar-refractivity contribution in [3.8, 4) is 0 Å². The Hall–Kier alpha value is -2.90. The summed E-state index contributed by atoms with van der Waals surface area (Å²) in [5.74, 6) is -1.02. The molecule has 9 heteroatoms. The number of amides is 4. The van der Waals surface area contributed by atoms with Crippen LogP contribution >= 0.6 is 23.2 Å². The number of imide groups is 1. The van der Waals surface area contributed by atoms with Gasteiger partial charge in [0.1, 0.15) is 6.04 Å². The van der Waals surface area contributed by atoms with Crippen LogP contribution in [-0.4, -0.2) is 34.6 Å². The Morgan fingerprint density at radius 1 is 1.12 bits per heavy atom. The third-order valence-electron chi connectivity index (χ3n) is 6.54. The van der Waals surface area contributed by atoms with Crippen molar-refractivity contribution in [1.29, 1.82) is 0 Å². The van der Waals surface area contributed by atoms with Gasteiger partial charge in [-0.2, -0.15) is 0 Å². The van der Waals surface area contributed by atoms with Gasteiger partial charge in [-0.25, -0.2) is 0 Å². The van der Waals surface area contributed by atoms with E-state index in [2.05, 4.69) is 10.6 Å². The summed E-state index contributed by atoms with van der Waals surface area (Å²) >= 11 is 12.2. The molecule has 1 aliphatic carbocycles. The van der Waals surface area contributed by atoms with Crippen LogP contribution in [0.15, 0.2) is 36.4 Å². The second-order valence-corrected chi connectivity index (χ2v) is 9.57. The van der Waals surface area contributed by atoms with E-state index in [9.17, 15) is 19.2 Å². The van der Waals surface area contributed by atoms with Gasteiger partial charge in [-0.1, -0.05) is 41.4 Å². The third-order valence-corrected chi connectivity index (χ3v) is 7.11. The van der Waals surface area contributed by atoms with Gasteiger partial charge in [0.2, 0.25) is 17.7 Å². The molecule has 1 saturated carbocycles. The highest BCUT2D eigenvalue weighted by molar-refractivity contribution is 6.35. The smallest absolute Gasteiger partial charge is 0.255 e. The van der Waals surface area contributed by atoms with E-state index < -0.39 is 11.9 Å². The van der Waals surface area contributed by atoms with Crippen LogP contribution < -0.4 is 10.6 Å². The number of carbonyl (C=O) groups is 4. The van der Waals surface area contributed by atoms with Crippen molar-refractivity contribution in [2.24, 2.45) is 5.92 Å². The number of piperidine rings is 1. The van der Waals surface area contributed by atoms with Crippen molar-refractivity contribution < 1.29 is 19.2 Å². The van der Waals surface area contributed by atoms with E-state index in [-0.39, 0.29) is 36.0 Å². The van der Waals surface area contributed by atoms with Crippen LogP contribution in [0, 0.1) is 5.92 Å². The fraction of sp³-hybridized carbons (Fsp3) is 0.333. The van der Waals surface area contributed by atoms with Crippen molar-refractivity contribution in [1.82, 2.24) is 15.5 Å². The first-order valence-corrected chi connectivity index (χ1v) is 11.6. The van der Waals surface area contributed by atoms with Gasteiger partial charge in [-0.05, 0) is 53.6 Å². The van der Waals surface area contributed by atoms with Crippen LogP contribution in [0.4, 0.5) is 0 Å². The van der Waals surface area contributed by atoms with E-state index in [1.807, 2.05) is 18.2 Å². The fourth-order valence-corrected chi connectivity index (χ4v) is 5.24. The lowest BCUT2D eigenvalue weighted by Crippen LogP contribution is -2.52. The molecular weight excluding hydrogens is 465 g/mol. The second-order valence-electron chi connectivity index (χ2n) is 8.72. The Balaban J connectivity index is 1.20. The van der Waals surface area contributed by atoms with E-state index >= 15 is 0 Å². The molecule has 3 unspecified atom stereocenters. The molecule has 2 N–H and O–H groups in total. The van der Waals surface area contributed by atoms with Gasteiger partial charge in [-0.15, -0.1) is 0 Å². The minimum Gasteiger partial charge on any atom is -0.352 e. The highest BCUT2D eigenvalue weighted by Crippen LogP contribution is 2.50. The van der Waals surface area contributed by atoms with Crippen LogP contribution in [0.25, 0.3) is 0 Å². The standard InChI is InChI=1S/C24H21Cl2N3O4/c25-14-2-4-16(19(26)8-14)17-9-18(17)22(31)27-10-12-1-3-15-13(7-12)11-29(24(15)33)20-5-6-21(30)28-23(20)32/h1-4,7-8,17-18,20H,5-6,9-11H2,(H,27,31)(H,28,30,32). The number of halogens is 2. The normalized spacial score (nSPS) is 23.9. The van der Waals surface area contributed by atoms with E-state index in [1.54, 1.807) is 18.2 Å². The lowest BCUT2D eigenvalue weighted by atomic mass is 10.0. The number of carbonyl (C=O) groups excluding carboxylic acids is 4. The van der Waals surface area contributed by atoms with E-state index in [1.165, 1.54) is 4.90 Å². The summed E-state index contributed by atoms with van der Waals surface area (Å²) in [5.41, 5.74) is 3.18. The minimum atomic E-state index is -0.641. The van der Waals surface area contributed by atoms with Gasteiger partial charge in [0, 0.05) is 41.0 Å². The molecule has 33 heavy (non-hydrogen) atoms. The average molecular weight is 486 g/mol. The quantitative estimate of drug-likeness (QED) is 0.635. The number of nitrogens with one attached hydrogen (secondary N) is 2. The molecule has 0 aromatic heterocycles. The van der Waals surface area contributed by atoms with Gasteiger partial charge in [-0.3, -0.25) is 24.5 Å². The van der Waals surface area contributed by atoms with E-state index in [0.717, 1.165) is 23.1 Å². The SMILES string of the molecule is O=C1CCC(N2Cc3cc(CNC(=O)C4CC4c4ccc(Cl)cc4Cl)ccc3C2=O)C(=O)N1. The fourth-order valence-electron chi connectivity index (χ4n) is 4.69. The molecule has 3 aliphatic rings. The third kappa shape index (κ3) is 4.23. The number of fused-ring (bicyclic) bond motifs is 1. The van der Waals surface area contributed by atoms with Gasteiger partial charge in [0.15, 0.2) is 0 Å². The van der Waals surface area contributed by atoms with Crippen LogP contribution in [0.2, 0.25) is 10.0 Å². The van der Waals surface area contributed by atoms with Crippen molar-refractivity contribution in [3.63, 3.8) is 0 Å². The van der Waals surface area contributed by atoms with Crippen molar-refractivity contribution in [2.75, 3.05) is 0 Å². The Labute approximate surface area is 200 Å². The molecule has 0 radical (unpaired) electrons. The number of benzene rings is 2. The first-order valence-electron chi connectivity index (χ1n) is 10.8. The molecule has 1 saturated heterocycles. The Morgan fingerprint density at radius 2 is 1.94 bits per heavy atom. The summed E-state index contributed by atoms with van der Waals surface area (Å²) in [4.78, 5) is 50.5. The first kappa shape index (κ1) is 21.9. The molecule has 2 aromatic rings. The van der Waals surface area contributed by atoms with E-state index in [4.69, 9.17) is 23.2 Å². The summed E-state index contributed by atoms with van der Waals surface area (Å²) in [6, 6.07) is 10.1. The van der Waals surface area contributed by atoms with E-state index in [0.29, 0.717) is 35.1 Å². The Kier molecular flexibility index (Phi) is 5.62. The van der Waals surface area contributed by atoms with Gasteiger partial charge in [0.25, 0.3) is 5.91 Å². The highest BCUT2D eigenvalue weighted by atomic mass is 35.5. The van der Waals surface area contributed by atoms with Crippen molar-refractivity contribution in [3.05, 3.63) is 68.7 Å². The molecular formula is C24H21Cl2N3O4. The molecule has 2 fully saturated rings. The zero-order valence-electron chi connectivity index (χ0n) is 17.6. The maximum absolute atomic E-state index is 12.8. The summed E-state index contributed by atoms with van der Waals surface area (Å²) in [6.45, 7) is 0.651. The largest absolute Gasteiger partial charge is 0.352 e. The zero-order chi connectivity index (χ0) is 23.3. The molecule has 0 spiro atoms. The highest BCUT2D eigenvalue weighted by Gasteiger charge is 2.45. The van der Waals surface area contributed by atoms with Crippen molar-refractivity contribution in [2.45, 2.75) is 44.3 Å². The topological polar surface area (TPSA) is 95.6 Å². The first-order chi connectivity index (χ1) is 15.8. The number of rotatable bonds is 5. The number of nitrogens with zero attached hydrogens (tertiary/aromatic N) is 1. The number of hydrogen-bond acceptors (Lipinski definition) is 4. The summed E-state index contributed by atoms with van der Waals surface area (Å²) in [7, 11) is 0. The minimum absolute atomic E-state index is 0.0345. The lowest BCUT2D eigenvalue weighted by molar-refractivity contribution is -0.137. The maximum atomic E-state index is 12.8. The molecule has 7 nitrogen and oxygen atoms in total. The predicted octanol–water partition coefficient (Wildman–Crippen LogP) is 3.17. The van der Waals surface area contributed by atoms with Crippen LogP contribution in [-0.2, 0) is 27.5 Å². The van der Waals surface area contributed by atoms with Gasteiger partial charge in [0.05, 0.1) is 0 Å². The van der Waals surface area contributed by atoms with Crippen LogP contribution in [0.1, 0.15) is 52.2 Å². The molecule has 2 heterocycles. The summed E-state index contributed by atoms with van der Waals surface area (Å²) in [5, 5.41) is 6.42. The number of hydrogen-bond donors (Lipinski definition) is 2. The summed E-state index contributed by atoms with van der Waals surface area (Å²) in [6.07, 6.45) is 1.29. The predicted molar refractivity (Wildman–Crippen MR) is 122 cm³/mol. The maximum Gasteiger partial charge on any atom is 0.255 e. The molecule has 5 rings (SSSR count). The van der Waals surface area contributed by atoms with Gasteiger partial charge < -0.3 is 10.2 Å². The van der Waals surface area contributed by atoms with Crippen LogP contribution in [0.3, 0.4) is 0 Å². The van der Waals surface area contributed by atoms with Crippen LogP contribution in [0.5, 0.6) is 0 Å². The molecule has 3 atom stereocenters. The Bertz CT molecular complexity index is 1200.